The second kappa shape index (κ2) is 5.68. The SMILES string of the molecule is Cc1cccc2[nH]c(=O)n(CC3CCCCN3C(C)C)c12. The Morgan fingerprint density at radius 1 is 1.33 bits per heavy atom. The number of benzene rings is 1. The number of aromatic amines is 1. The maximum absolute atomic E-state index is 12.3. The van der Waals surface area contributed by atoms with Crippen molar-refractivity contribution in [2.24, 2.45) is 0 Å². The molecule has 1 N–H and O–H groups in total. The molecule has 2 heterocycles. The van der Waals surface area contributed by atoms with E-state index in [1.807, 2.05) is 16.7 Å². The van der Waals surface area contributed by atoms with Gasteiger partial charge in [0.15, 0.2) is 0 Å². The third-order valence-corrected chi connectivity index (χ3v) is 4.72. The lowest BCUT2D eigenvalue weighted by Gasteiger charge is -2.38. The summed E-state index contributed by atoms with van der Waals surface area (Å²) in [5, 5.41) is 0. The number of nitrogens with one attached hydrogen (secondary N) is 1. The minimum absolute atomic E-state index is 0.0218. The lowest BCUT2D eigenvalue weighted by atomic mass is 10.00. The molecule has 1 saturated heterocycles. The van der Waals surface area contributed by atoms with Crippen LogP contribution in [0.2, 0.25) is 0 Å². The molecular weight excluding hydrogens is 262 g/mol. The van der Waals surface area contributed by atoms with E-state index in [0.717, 1.165) is 29.7 Å². The summed E-state index contributed by atoms with van der Waals surface area (Å²) in [5.41, 5.74) is 3.20. The molecule has 1 fully saturated rings. The van der Waals surface area contributed by atoms with Gasteiger partial charge < -0.3 is 4.98 Å². The zero-order chi connectivity index (χ0) is 15.0. The highest BCUT2D eigenvalue weighted by Gasteiger charge is 2.26. The Kier molecular flexibility index (Phi) is 3.89. The molecule has 2 aromatic rings. The van der Waals surface area contributed by atoms with E-state index < -0.39 is 0 Å². The summed E-state index contributed by atoms with van der Waals surface area (Å²) < 4.78 is 1.94. The number of hydrogen-bond donors (Lipinski definition) is 1. The van der Waals surface area contributed by atoms with Gasteiger partial charge in [0.05, 0.1) is 11.0 Å². The highest BCUT2D eigenvalue weighted by Crippen LogP contribution is 2.22. The predicted molar refractivity (Wildman–Crippen MR) is 86.8 cm³/mol. The number of aryl methyl sites for hydroxylation is 1. The highest BCUT2D eigenvalue weighted by atomic mass is 16.1. The maximum atomic E-state index is 12.3. The largest absolute Gasteiger partial charge is 0.326 e. The molecule has 0 bridgehead atoms. The van der Waals surface area contributed by atoms with Crippen LogP contribution in [0.5, 0.6) is 0 Å². The Balaban J connectivity index is 1.97. The van der Waals surface area contributed by atoms with E-state index in [-0.39, 0.29) is 5.69 Å². The van der Waals surface area contributed by atoms with Gasteiger partial charge in [0, 0.05) is 18.6 Å². The first-order valence-electron chi connectivity index (χ1n) is 8.02. The first kappa shape index (κ1) is 14.4. The van der Waals surface area contributed by atoms with E-state index in [1.165, 1.54) is 19.3 Å². The Hall–Kier alpha value is -1.55. The molecular formula is C17H25N3O. The number of aromatic nitrogens is 2. The van der Waals surface area contributed by atoms with Gasteiger partial charge >= 0.3 is 5.69 Å². The maximum Gasteiger partial charge on any atom is 0.326 e. The molecule has 114 valence electrons. The summed E-state index contributed by atoms with van der Waals surface area (Å²) in [6.45, 7) is 8.52. The van der Waals surface area contributed by atoms with Crippen molar-refractivity contribution in [2.45, 2.75) is 58.7 Å². The van der Waals surface area contributed by atoms with E-state index >= 15 is 0 Å². The number of nitrogens with zero attached hydrogens (tertiary/aromatic N) is 2. The average Bonchev–Trinajstić information content (AvgIpc) is 2.77. The van der Waals surface area contributed by atoms with Crippen LogP contribution in [0.25, 0.3) is 11.0 Å². The molecule has 4 nitrogen and oxygen atoms in total. The number of likely N-dealkylation sites (tertiary alicyclic amines) is 1. The quantitative estimate of drug-likeness (QED) is 0.943. The molecule has 1 unspecified atom stereocenters. The van der Waals surface area contributed by atoms with E-state index in [1.54, 1.807) is 0 Å². The zero-order valence-electron chi connectivity index (χ0n) is 13.2. The monoisotopic (exact) mass is 287 g/mol. The lowest BCUT2D eigenvalue weighted by molar-refractivity contribution is 0.0993. The van der Waals surface area contributed by atoms with Crippen LogP contribution in [0.1, 0.15) is 38.7 Å². The first-order valence-corrected chi connectivity index (χ1v) is 8.02. The van der Waals surface area contributed by atoms with Crippen LogP contribution in [0.15, 0.2) is 23.0 Å². The Morgan fingerprint density at radius 2 is 2.14 bits per heavy atom. The molecule has 0 saturated carbocycles. The van der Waals surface area contributed by atoms with Crippen molar-refractivity contribution in [2.75, 3.05) is 6.54 Å². The van der Waals surface area contributed by atoms with Gasteiger partial charge in [-0.05, 0) is 51.8 Å². The molecule has 1 aliphatic heterocycles. The molecule has 1 aromatic carbocycles. The smallest absolute Gasteiger partial charge is 0.306 e. The van der Waals surface area contributed by atoms with Crippen LogP contribution in [0.4, 0.5) is 0 Å². The molecule has 21 heavy (non-hydrogen) atoms. The van der Waals surface area contributed by atoms with Crippen molar-refractivity contribution in [1.82, 2.24) is 14.5 Å². The summed E-state index contributed by atoms with van der Waals surface area (Å²) in [6, 6.07) is 7.07. The van der Waals surface area contributed by atoms with Crippen LogP contribution in [-0.4, -0.2) is 33.1 Å². The lowest BCUT2D eigenvalue weighted by Crippen LogP contribution is -2.46. The van der Waals surface area contributed by atoms with Crippen molar-refractivity contribution < 1.29 is 0 Å². The van der Waals surface area contributed by atoms with E-state index in [2.05, 4.69) is 36.7 Å². The Bertz CT molecular complexity index is 683. The van der Waals surface area contributed by atoms with Gasteiger partial charge in [-0.15, -0.1) is 0 Å². The van der Waals surface area contributed by atoms with E-state index in [0.29, 0.717) is 12.1 Å². The summed E-state index contributed by atoms with van der Waals surface area (Å²) >= 11 is 0. The van der Waals surface area contributed by atoms with Crippen LogP contribution in [-0.2, 0) is 6.54 Å². The van der Waals surface area contributed by atoms with Gasteiger partial charge in [-0.1, -0.05) is 18.6 Å². The second-order valence-electron chi connectivity index (χ2n) is 6.49. The number of H-pyrrole nitrogens is 1. The third-order valence-electron chi connectivity index (χ3n) is 4.72. The van der Waals surface area contributed by atoms with Crippen molar-refractivity contribution in [3.05, 3.63) is 34.2 Å². The van der Waals surface area contributed by atoms with Crippen molar-refractivity contribution in [3.8, 4) is 0 Å². The van der Waals surface area contributed by atoms with E-state index in [9.17, 15) is 4.79 Å². The number of imidazole rings is 1. The van der Waals surface area contributed by atoms with Crippen LogP contribution < -0.4 is 5.69 Å². The zero-order valence-corrected chi connectivity index (χ0v) is 13.2. The fourth-order valence-electron chi connectivity index (χ4n) is 3.69. The molecule has 0 spiro atoms. The van der Waals surface area contributed by atoms with Gasteiger partial charge in [-0.25, -0.2) is 4.79 Å². The molecule has 0 radical (unpaired) electrons. The van der Waals surface area contributed by atoms with Gasteiger partial charge in [0.2, 0.25) is 0 Å². The number of para-hydroxylation sites is 1. The number of rotatable bonds is 3. The summed E-state index contributed by atoms with van der Waals surface area (Å²) in [5.74, 6) is 0. The van der Waals surface area contributed by atoms with Crippen LogP contribution >= 0.6 is 0 Å². The molecule has 0 aliphatic carbocycles. The van der Waals surface area contributed by atoms with E-state index in [4.69, 9.17) is 0 Å². The second-order valence-corrected chi connectivity index (χ2v) is 6.49. The first-order chi connectivity index (χ1) is 10.1. The number of piperidine rings is 1. The summed E-state index contributed by atoms with van der Waals surface area (Å²) in [7, 11) is 0. The summed E-state index contributed by atoms with van der Waals surface area (Å²) in [6.07, 6.45) is 3.73. The van der Waals surface area contributed by atoms with Gasteiger partial charge in [-0.2, -0.15) is 0 Å². The number of fused-ring (bicyclic) bond motifs is 1. The van der Waals surface area contributed by atoms with Crippen molar-refractivity contribution in [3.63, 3.8) is 0 Å². The molecule has 1 atom stereocenters. The third kappa shape index (κ3) is 2.64. The fourth-order valence-corrected chi connectivity index (χ4v) is 3.69. The standard InChI is InChI=1S/C17H25N3O/c1-12(2)19-10-5-4-8-14(19)11-20-16-13(3)7-6-9-15(16)18-17(20)21/h6-7,9,12,14H,4-5,8,10-11H2,1-3H3,(H,18,21). The van der Waals surface area contributed by atoms with Crippen LogP contribution in [0, 0.1) is 6.92 Å². The van der Waals surface area contributed by atoms with Crippen LogP contribution in [0.3, 0.4) is 0 Å². The molecule has 4 heteroatoms. The predicted octanol–water partition coefficient (Wildman–Crippen LogP) is 2.90. The van der Waals surface area contributed by atoms with Gasteiger partial charge in [0.25, 0.3) is 0 Å². The normalized spacial score (nSPS) is 20.5. The molecule has 1 aromatic heterocycles. The molecule has 0 amide bonds. The Labute approximate surface area is 125 Å². The molecule has 1 aliphatic rings. The minimum Gasteiger partial charge on any atom is -0.306 e. The average molecular weight is 287 g/mol. The van der Waals surface area contributed by atoms with Crippen molar-refractivity contribution >= 4 is 11.0 Å². The van der Waals surface area contributed by atoms with Crippen molar-refractivity contribution in [1.29, 1.82) is 0 Å². The van der Waals surface area contributed by atoms with Gasteiger partial charge in [0.1, 0.15) is 0 Å². The van der Waals surface area contributed by atoms with Gasteiger partial charge in [-0.3, -0.25) is 9.47 Å². The minimum atomic E-state index is 0.0218. The molecule has 3 rings (SSSR count). The highest BCUT2D eigenvalue weighted by molar-refractivity contribution is 5.78. The topological polar surface area (TPSA) is 41.0 Å². The Morgan fingerprint density at radius 3 is 2.90 bits per heavy atom. The number of hydrogen-bond acceptors (Lipinski definition) is 2. The summed E-state index contributed by atoms with van der Waals surface area (Å²) in [4.78, 5) is 17.9. The fraction of sp³-hybridized carbons (Fsp3) is 0.588.